The molecule has 1 saturated carbocycles. The van der Waals surface area contributed by atoms with Gasteiger partial charge in [-0.25, -0.2) is 4.68 Å². The first-order chi connectivity index (χ1) is 15.0. The second-order valence-corrected chi connectivity index (χ2v) is 9.66. The Kier molecular flexibility index (Phi) is 5.38. The van der Waals surface area contributed by atoms with Crippen LogP contribution in [0.1, 0.15) is 80.0 Å². The summed E-state index contributed by atoms with van der Waals surface area (Å²) in [5, 5.41) is 14.1. The van der Waals surface area contributed by atoms with Crippen molar-refractivity contribution in [3.05, 3.63) is 51.1 Å². The highest BCUT2D eigenvalue weighted by molar-refractivity contribution is 5.83. The van der Waals surface area contributed by atoms with E-state index in [4.69, 9.17) is 0 Å². The van der Waals surface area contributed by atoms with Crippen molar-refractivity contribution in [3.63, 3.8) is 0 Å². The predicted octanol–water partition coefficient (Wildman–Crippen LogP) is 4.07. The van der Waals surface area contributed by atoms with Crippen LogP contribution < -0.4 is 5.56 Å². The minimum atomic E-state index is -0.229. The third kappa shape index (κ3) is 3.80. The van der Waals surface area contributed by atoms with E-state index in [-0.39, 0.29) is 11.6 Å². The summed E-state index contributed by atoms with van der Waals surface area (Å²) in [7, 11) is 0. The molecule has 3 heterocycles. The van der Waals surface area contributed by atoms with Crippen LogP contribution in [0.3, 0.4) is 0 Å². The lowest BCUT2D eigenvalue weighted by Gasteiger charge is -2.36. The van der Waals surface area contributed by atoms with Crippen LogP contribution in [-0.2, 0) is 0 Å². The number of piperidine rings is 1. The maximum atomic E-state index is 13.4. The van der Waals surface area contributed by atoms with Crippen LogP contribution in [0.4, 0.5) is 0 Å². The number of pyridine rings is 1. The molecule has 5 rings (SSSR count). The van der Waals surface area contributed by atoms with E-state index in [1.54, 1.807) is 0 Å². The van der Waals surface area contributed by atoms with Gasteiger partial charge in [-0.05, 0) is 85.7 Å². The SMILES string of the molecule is Cc1cc(C)c2cc([C@@H](c3nnnn3C3CCCC3)N3CCC[C@@H](C)C3)c(=O)[nH]c2c1. The molecule has 1 aliphatic carbocycles. The number of H-pyrrole nitrogens is 1. The highest BCUT2D eigenvalue weighted by atomic mass is 16.1. The van der Waals surface area contributed by atoms with Crippen molar-refractivity contribution in [2.75, 3.05) is 13.1 Å². The number of aromatic amines is 1. The minimum absolute atomic E-state index is 0.0401. The summed E-state index contributed by atoms with van der Waals surface area (Å²) in [4.78, 5) is 19.0. The van der Waals surface area contributed by atoms with E-state index in [0.717, 1.165) is 60.2 Å². The molecule has 164 valence electrons. The Balaban J connectivity index is 1.67. The molecule has 3 aromatic rings. The lowest BCUT2D eigenvalue weighted by atomic mass is 9.95. The summed E-state index contributed by atoms with van der Waals surface area (Å²) in [6.45, 7) is 8.37. The number of nitrogens with one attached hydrogen (secondary N) is 1. The number of likely N-dealkylation sites (tertiary alicyclic amines) is 1. The van der Waals surface area contributed by atoms with Gasteiger partial charge in [-0.1, -0.05) is 25.8 Å². The second-order valence-electron chi connectivity index (χ2n) is 9.66. The Morgan fingerprint density at radius 3 is 2.68 bits per heavy atom. The molecule has 2 aromatic heterocycles. The quantitative estimate of drug-likeness (QED) is 0.688. The molecule has 1 saturated heterocycles. The van der Waals surface area contributed by atoms with E-state index in [0.29, 0.717) is 12.0 Å². The summed E-state index contributed by atoms with van der Waals surface area (Å²) < 4.78 is 2.02. The third-order valence-electron chi connectivity index (χ3n) is 7.12. The first-order valence-corrected chi connectivity index (χ1v) is 11.7. The van der Waals surface area contributed by atoms with Gasteiger partial charge < -0.3 is 4.98 Å². The van der Waals surface area contributed by atoms with Gasteiger partial charge in [0.15, 0.2) is 5.82 Å². The maximum Gasteiger partial charge on any atom is 0.253 e. The van der Waals surface area contributed by atoms with Gasteiger partial charge >= 0.3 is 0 Å². The largest absolute Gasteiger partial charge is 0.322 e. The number of tetrazole rings is 1. The Morgan fingerprint density at radius 2 is 1.90 bits per heavy atom. The van der Waals surface area contributed by atoms with Crippen LogP contribution in [0.25, 0.3) is 10.9 Å². The fraction of sp³-hybridized carbons (Fsp3) is 0.583. The summed E-state index contributed by atoms with van der Waals surface area (Å²) >= 11 is 0. The molecule has 1 aromatic carbocycles. The van der Waals surface area contributed by atoms with Crippen molar-refractivity contribution >= 4 is 10.9 Å². The van der Waals surface area contributed by atoms with Gasteiger partial charge in [-0.15, -0.1) is 5.10 Å². The number of fused-ring (bicyclic) bond motifs is 1. The van der Waals surface area contributed by atoms with E-state index in [9.17, 15) is 4.79 Å². The van der Waals surface area contributed by atoms with E-state index in [2.05, 4.69) is 58.3 Å². The molecule has 7 heteroatoms. The predicted molar refractivity (Wildman–Crippen MR) is 121 cm³/mol. The van der Waals surface area contributed by atoms with Gasteiger partial charge in [0.25, 0.3) is 5.56 Å². The van der Waals surface area contributed by atoms with Gasteiger partial charge in [0.1, 0.15) is 6.04 Å². The molecule has 1 N–H and O–H groups in total. The average Bonchev–Trinajstić information content (AvgIpc) is 3.40. The molecule has 0 spiro atoms. The number of rotatable bonds is 4. The summed E-state index contributed by atoms with van der Waals surface area (Å²) in [5.74, 6) is 1.41. The van der Waals surface area contributed by atoms with Crippen LogP contribution >= 0.6 is 0 Å². The summed E-state index contributed by atoms with van der Waals surface area (Å²) in [6, 6.07) is 6.41. The molecule has 7 nitrogen and oxygen atoms in total. The fourth-order valence-corrected chi connectivity index (χ4v) is 5.64. The van der Waals surface area contributed by atoms with E-state index in [1.165, 1.54) is 24.8 Å². The van der Waals surface area contributed by atoms with Gasteiger partial charge in [-0.2, -0.15) is 0 Å². The van der Waals surface area contributed by atoms with Crippen molar-refractivity contribution in [2.45, 2.75) is 71.4 Å². The molecule has 0 unspecified atom stereocenters. The Hall–Kier alpha value is -2.54. The molecule has 2 fully saturated rings. The van der Waals surface area contributed by atoms with Crippen molar-refractivity contribution in [2.24, 2.45) is 5.92 Å². The average molecular weight is 421 g/mol. The monoisotopic (exact) mass is 420 g/mol. The molecule has 2 aliphatic rings. The van der Waals surface area contributed by atoms with Crippen LogP contribution in [0, 0.1) is 19.8 Å². The topological polar surface area (TPSA) is 79.7 Å². The summed E-state index contributed by atoms with van der Waals surface area (Å²) in [6.07, 6.45) is 6.99. The number of nitrogens with zero attached hydrogens (tertiary/aromatic N) is 5. The van der Waals surface area contributed by atoms with E-state index < -0.39 is 0 Å². The Bertz CT molecular complexity index is 1140. The number of hydrogen-bond donors (Lipinski definition) is 1. The highest BCUT2D eigenvalue weighted by Crippen LogP contribution is 2.35. The smallest absolute Gasteiger partial charge is 0.253 e. The number of benzene rings is 1. The van der Waals surface area contributed by atoms with Gasteiger partial charge in [0.2, 0.25) is 0 Å². The van der Waals surface area contributed by atoms with E-state index >= 15 is 0 Å². The van der Waals surface area contributed by atoms with Crippen molar-refractivity contribution < 1.29 is 0 Å². The minimum Gasteiger partial charge on any atom is -0.322 e. The van der Waals surface area contributed by atoms with Gasteiger partial charge in [0.05, 0.1) is 6.04 Å². The van der Waals surface area contributed by atoms with Crippen molar-refractivity contribution in [1.82, 2.24) is 30.1 Å². The molecule has 0 radical (unpaired) electrons. The molecular weight excluding hydrogens is 388 g/mol. The molecule has 0 bridgehead atoms. The van der Waals surface area contributed by atoms with Crippen LogP contribution in [0.15, 0.2) is 23.0 Å². The lowest BCUT2D eigenvalue weighted by Crippen LogP contribution is -2.41. The first kappa shape index (κ1) is 20.4. The number of aromatic nitrogens is 5. The zero-order chi connectivity index (χ0) is 21.5. The molecule has 1 aliphatic heterocycles. The maximum absolute atomic E-state index is 13.4. The lowest BCUT2D eigenvalue weighted by molar-refractivity contribution is 0.139. The van der Waals surface area contributed by atoms with Crippen LogP contribution in [0.5, 0.6) is 0 Å². The number of hydrogen-bond acceptors (Lipinski definition) is 5. The van der Waals surface area contributed by atoms with Gasteiger partial charge in [0, 0.05) is 23.0 Å². The standard InChI is InChI=1S/C24H32N6O/c1-15-7-6-10-29(14-15)22(23-26-27-28-30(23)18-8-4-5-9-18)20-13-19-17(3)11-16(2)12-21(19)25-24(20)31/h11-13,15,18,22H,4-10,14H2,1-3H3,(H,25,31)/t15-,22+/m1/s1. The van der Waals surface area contributed by atoms with Crippen LogP contribution in [0.2, 0.25) is 0 Å². The Morgan fingerprint density at radius 1 is 1.10 bits per heavy atom. The molecule has 2 atom stereocenters. The summed E-state index contributed by atoms with van der Waals surface area (Å²) in [5.41, 5.74) is 3.94. The zero-order valence-corrected chi connectivity index (χ0v) is 18.8. The fourth-order valence-electron chi connectivity index (χ4n) is 5.64. The van der Waals surface area contributed by atoms with Crippen molar-refractivity contribution in [1.29, 1.82) is 0 Å². The molecule has 31 heavy (non-hydrogen) atoms. The highest BCUT2D eigenvalue weighted by Gasteiger charge is 2.34. The second kappa shape index (κ2) is 8.19. The molecule has 0 amide bonds. The normalized spacial score (nSPS) is 21.7. The number of aryl methyl sites for hydroxylation is 2. The van der Waals surface area contributed by atoms with Gasteiger partial charge in [-0.3, -0.25) is 9.69 Å². The van der Waals surface area contributed by atoms with Crippen LogP contribution in [-0.4, -0.2) is 43.2 Å². The van der Waals surface area contributed by atoms with E-state index in [1.807, 2.05) is 10.7 Å². The first-order valence-electron chi connectivity index (χ1n) is 11.7. The third-order valence-corrected chi connectivity index (χ3v) is 7.12. The molecular formula is C24H32N6O. The van der Waals surface area contributed by atoms with Crippen molar-refractivity contribution in [3.8, 4) is 0 Å². The Labute approximate surface area is 182 Å². The zero-order valence-electron chi connectivity index (χ0n) is 18.8.